The number of amides is 1. The number of rotatable bonds is 3. The van der Waals surface area contributed by atoms with Crippen LogP contribution < -0.4 is 4.90 Å². The minimum atomic E-state index is 0.313. The Kier molecular flexibility index (Phi) is 4.39. The van der Waals surface area contributed by atoms with Crippen LogP contribution in [0.1, 0.15) is 50.5 Å². The fraction of sp³-hybridized carbons (Fsp3) is 0.650. The maximum atomic E-state index is 12.7. The van der Waals surface area contributed by atoms with Gasteiger partial charge >= 0.3 is 0 Å². The van der Waals surface area contributed by atoms with E-state index in [0.29, 0.717) is 12.3 Å². The third-order valence-corrected chi connectivity index (χ3v) is 6.16. The maximum absolute atomic E-state index is 12.7. The van der Waals surface area contributed by atoms with Crippen LogP contribution in [0.25, 0.3) is 0 Å². The first-order valence-electron chi connectivity index (χ1n) is 9.45. The van der Waals surface area contributed by atoms with Crippen molar-refractivity contribution in [3.63, 3.8) is 0 Å². The van der Waals surface area contributed by atoms with Crippen LogP contribution in [0.3, 0.4) is 0 Å². The summed E-state index contributed by atoms with van der Waals surface area (Å²) in [6, 6.07) is 9.13. The fourth-order valence-electron chi connectivity index (χ4n) is 4.98. The molecule has 0 N–H and O–H groups in total. The summed E-state index contributed by atoms with van der Waals surface area (Å²) in [5, 5.41) is 0. The van der Waals surface area contributed by atoms with Crippen LogP contribution in [0.4, 0.5) is 5.69 Å². The molecule has 3 nitrogen and oxygen atoms in total. The number of benzene rings is 1. The van der Waals surface area contributed by atoms with Gasteiger partial charge in [0.2, 0.25) is 5.91 Å². The summed E-state index contributed by atoms with van der Waals surface area (Å²) in [4.78, 5) is 17.4. The zero-order valence-corrected chi connectivity index (χ0v) is 14.0. The highest BCUT2D eigenvalue weighted by atomic mass is 16.2. The predicted molar refractivity (Wildman–Crippen MR) is 93.7 cm³/mol. The second-order valence-electron chi connectivity index (χ2n) is 7.46. The molecule has 2 heterocycles. The molecule has 1 saturated carbocycles. The Balaban J connectivity index is 1.36. The van der Waals surface area contributed by atoms with Crippen molar-refractivity contribution >= 4 is 11.6 Å². The summed E-state index contributed by atoms with van der Waals surface area (Å²) in [6.07, 6.45) is 9.98. The van der Waals surface area contributed by atoms with Gasteiger partial charge in [0.05, 0.1) is 0 Å². The summed E-state index contributed by atoms with van der Waals surface area (Å²) in [5.74, 6) is 1.22. The highest BCUT2D eigenvalue weighted by Gasteiger charge is 2.33. The first-order chi connectivity index (χ1) is 11.3. The molecule has 0 radical (unpaired) electrons. The minimum absolute atomic E-state index is 0.313. The van der Waals surface area contributed by atoms with Crippen molar-refractivity contribution in [2.45, 2.75) is 57.4 Å². The second-order valence-corrected chi connectivity index (χ2v) is 7.46. The molecule has 2 unspecified atom stereocenters. The largest absolute Gasteiger partial charge is 0.312 e. The number of piperidine rings is 1. The average Bonchev–Trinajstić information content (AvgIpc) is 3.04. The molecule has 2 aliphatic heterocycles. The van der Waals surface area contributed by atoms with Gasteiger partial charge in [0.15, 0.2) is 0 Å². The summed E-state index contributed by atoms with van der Waals surface area (Å²) in [5.41, 5.74) is 2.47. The van der Waals surface area contributed by atoms with Gasteiger partial charge in [-0.2, -0.15) is 0 Å². The number of likely N-dealkylation sites (tertiary alicyclic amines) is 1. The molecule has 23 heavy (non-hydrogen) atoms. The molecule has 4 rings (SSSR count). The van der Waals surface area contributed by atoms with Crippen molar-refractivity contribution in [2.75, 3.05) is 24.5 Å². The zero-order valence-electron chi connectivity index (χ0n) is 14.0. The molecular formula is C20H28N2O. The molecule has 1 aliphatic carbocycles. The maximum Gasteiger partial charge on any atom is 0.228 e. The molecule has 2 fully saturated rings. The van der Waals surface area contributed by atoms with Crippen molar-refractivity contribution in [1.82, 2.24) is 4.90 Å². The van der Waals surface area contributed by atoms with Gasteiger partial charge in [-0.05, 0) is 56.2 Å². The van der Waals surface area contributed by atoms with E-state index in [4.69, 9.17) is 0 Å². The topological polar surface area (TPSA) is 23.6 Å². The third-order valence-electron chi connectivity index (χ3n) is 6.16. The smallest absolute Gasteiger partial charge is 0.228 e. The average molecular weight is 312 g/mol. The minimum Gasteiger partial charge on any atom is -0.312 e. The lowest BCUT2D eigenvalue weighted by Gasteiger charge is -2.44. The number of nitrogens with zero attached hydrogens (tertiary/aromatic N) is 2. The van der Waals surface area contributed by atoms with Crippen LogP contribution in [0.2, 0.25) is 0 Å². The van der Waals surface area contributed by atoms with Gasteiger partial charge < -0.3 is 4.90 Å². The van der Waals surface area contributed by atoms with Crippen LogP contribution in [0.5, 0.6) is 0 Å². The zero-order chi connectivity index (χ0) is 15.6. The molecule has 0 aromatic heterocycles. The number of anilines is 1. The van der Waals surface area contributed by atoms with E-state index in [1.165, 1.54) is 50.6 Å². The normalized spacial score (nSPS) is 27.6. The van der Waals surface area contributed by atoms with Gasteiger partial charge in [-0.15, -0.1) is 0 Å². The number of hydrogen-bond acceptors (Lipinski definition) is 2. The highest BCUT2D eigenvalue weighted by molar-refractivity contribution is 5.95. The van der Waals surface area contributed by atoms with Crippen molar-refractivity contribution < 1.29 is 4.79 Å². The van der Waals surface area contributed by atoms with E-state index in [-0.39, 0.29) is 0 Å². The van der Waals surface area contributed by atoms with Gasteiger partial charge in [-0.1, -0.05) is 31.0 Å². The fourth-order valence-corrected chi connectivity index (χ4v) is 4.98. The van der Waals surface area contributed by atoms with Crippen LogP contribution in [0.15, 0.2) is 24.3 Å². The van der Waals surface area contributed by atoms with Crippen molar-refractivity contribution in [3.05, 3.63) is 29.8 Å². The summed E-state index contributed by atoms with van der Waals surface area (Å²) in [6.45, 7) is 3.02. The van der Waals surface area contributed by atoms with Crippen molar-refractivity contribution in [2.24, 2.45) is 5.92 Å². The van der Waals surface area contributed by atoms with Gasteiger partial charge in [-0.3, -0.25) is 9.69 Å². The van der Waals surface area contributed by atoms with E-state index < -0.39 is 0 Å². The van der Waals surface area contributed by atoms with Gasteiger partial charge in [0.25, 0.3) is 0 Å². The Labute approximate surface area is 139 Å². The molecule has 1 amide bonds. The Hall–Kier alpha value is -1.35. The number of para-hydroxylation sites is 1. The molecular weight excluding hydrogens is 284 g/mol. The summed E-state index contributed by atoms with van der Waals surface area (Å²) < 4.78 is 0. The van der Waals surface area contributed by atoms with Gasteiger partial charge in [0.1, 0.15) is 0 Å². The molecule has 1 saturated heterocycles. The number of carbonyl (C=O) groups excluding carboxylic acids is 1. The van der Waals surface area contributed by atoms with E-state index in [0.717, 1.165) is 37.2 Å². The molecule has 124 valence electrons. The molecule has 1 aromatic rings. The number of fused-ring (bicyclic) bond motifs is 2. The molecule has 3 heteroatoms. The summed E-state index contributed by atoms with van der Waals surface area (Å²) >= 11 is 0. The Morgan fingerprint density at radius 3 is 2.83 bits per heavy atom. The van der Waals surface area contributed by atoms with Crippen LogP contribution in [-0.2, 0) is 11.2 Å². The first-order valence-corrected chi connectivity index (χ1v) is 9.45. The molecule has 3 aliphatic rings. The standard InChI is InChI=1S/C20H28N2O/c23-20(22-15-11-17-7-2-4-10-19(17)22)12-14-21-13-5-8-16-6-1-3-9-18(16)21/h2,4,7,10,16,18H,1,3,5-6,8-9,11-15H2. The molecule has 1 aromatic carbocycles. The lowest BCUT2D eigenvalue weighted by Crippen LogP contribution is -2.48. The Bertz CT molecular complexity index is 569. The van der Waals surface area contributed by atoms with Gasteiger partial charge in [0, 0.05) is 31.2 Å². The quantitative estimate of drug-likeness (QED) is 0.851. The van der Waals surface area contributed by atoms with E-state index in [1.807, 2.05) is 11.0 Å². The lowest BCUT2D eigenvalue weighted by molar-refractivity contribution is -0.119. The van der Waals surface area contributed by atoms with Crippen LogP contribution in [-0.4, -0.2) is 36.5 Å². The highest BCUT2D eigenvalue weighted by Crippen LogP contribution is 2.35. The van der Waals surface area contributed by atoms with Crippen LogP contribution in [0, 0.1) is 5.92 Å². The molecule has 2 atom stereocenters. The SMILES string of the molecule is O=C(CCN1CCCC2CCCCC21)N1CCc2ccccc21. The van der Waals surface area contributed by atoms with Crippen LogP contribution >= 0.6 is 0 Å². The van der Waals surface area contributed by atoms with Crippen molar-refractivity contribution in [1.29, 1.82) is 0 Å². The van der Waals surface area contributed by atoms with E-state index in [2.05, 4.69) is 23.1 Å². The number of hydrogen-bond donors (Lipinski definition) is 0. The van der Waals surface area contributed by atoms with E-state index in [9.17, 15) is 4.79 Å². The molecule has 0 spiro atoms. The Morgan fingerprint density at radius 1 is 1.04 bits per heavy atom. The van der Waals surface area contributed by atoms with E-state index >= 15 is 0 Å². The number of carbonyl (C=O) groups is 1. The first kappa shape index (κ1) is 15.2. The molecule has 0 bridgehead atoms. The second kappa shape index (κ2) is 6.64. The monoisotopic (exact) mass is 312 g/mol. The van der Waals surface area contributed by atoms with Gasteiger partial charge in [-0.25, -0.2) is 0 Å². The Morgan fingerprint density at radius 2 is 1.87 bits per heavy atom. The van der Waals surface area contributed by atoms with E-state index in [1.54, 1.807) is 0 Å². The summed E-state index contributed by atoms with van der Waals surface area (Å²) in [7, 11) is 0. The predicted octanol–water partition coefficient (Wildman–Crippen LogP) is 3.62. The third kappa shape index (κ3) is 3.03. The van der Waals surface area contributed by atoms with Crippen molar-refractivity contribution in [3.8, 4) is 0 Å². The lowest BCUT2D eigenvalue weighted by atomic mass is 9.78.